The second kappa shape index (κ2) is 6.24. The summed E-state index contributed by atoms with van der Waals surface area (Å²) in [5.41, 5.74) is 2.01. The molecule has 1 aromatic heterocycles. The van der Waals surface area contributed by atoms with Gasteiger partial charge in [0, 0.05) is 6.42 Å². The average Bonchev–Trinajstić information content (AvgIpc) is 2.93. The molecule has 0 saturated carbocycles. The molecule has 3 rings (SSSR count). The summed E-state index contributed by atoms with van der Waals surface area (Å²) in [5.74, 6) is -0.914. The van der Waals surface area contributed by atoms with E-state index >= 15 is 0 Å². The summed E-state index contributed by atoms with van der Waals surface area (Å²) < 4.78 is 1.00. The normalized spacial score (nSPS) is 11.0. The molecular weight excluding hydrogens is 341 g/mol. The number of carboxylic acid groups (broad SMARTS) is 1. The van der Waals surface area contributed by atoms with Crippen LogP contribution in [0.5, 0.6) is 0 Å². The summed E-state index contributed by atoms with van der Waals surface area (Å²) in [7, 11) is 0. The highest BCUT2D eigenvalue weighted by molar-refractivity contribution is 7.18. The van der Waals surface area contributed by atoms with E-state index in [4.69, 9.17) is 28.3 Å². The van der Waals surface area contributed by atoms with E-state index in [-0.39, 0.29) is 0 Å². The van der Waals surface area contributed by atoms with Crippen LogP contribution in [0.4, 0.5) is 0 Å². The zero-order chi connectivity index (χ0) is 15.7. The van der Waals surface area contributed by atoms with Crippen LogP contribution in [0.1, 0.15) is 20.9 Å². The molecule has 0 radical (unpaired) electrons. The maximum absolute atomic E-state index is 11.0. The average molecular weight is 352 g/mol. The van der Waals surface area contributed by atoms with Crippen LogP contribution in [0, 0.1) is 0 Å². The molecule has 3 nitrogen and oxygen atoms in total. The molecular formula is C16H11Cl2NO2S. The van der Waals surface area contributed by atoms with Crippen LogP contribution >= 0.6 is 34.5 Å². The van der Waals surface area contributed by atoms with Crippen molar-refractivity contribution in [2.75, 3.05) is 0 Å². The minimum atomic E-state index is -0.914. The maximum atomic E-state index is 11.0. The van der Waals surface area contributed by atoms with Crippen LogP contribution in [0.3, 0.4) is 0 Å². The van der Waals surface area contributed by atoms with Crippen LogP contribution in [0.15, 0.2) is 36.4 Å². The third kappa shape index (κ3) is 3.09. The van der Waals surface area contributed by atoms with Gasteiger partial charge in [-0.15, -0.1) is 11.3 Å². The molecule has 3 aromatic rings. The minimum Gasteiger partial charge on any atom is -0.478 e. The van der Waals surface area contributed by atoms with E-state index in [1.807, 2.05) is 12.1 Å². The van der Waals surface area contributed by atoms with E-state index in [1.165, 1.54) is 0 Å². The van der Waals surface area contributed by atoms with Gasteiger partial charge in [0.05, 0.1) is 25.3 Å². The number of thiazole rings is 1. The number of carboxylic acids is 1. The number of fused-ring (bicyclic) bond motifs is 1. The first-order chi connectivity index (χ1) is 10.5. The Morgan fingerprint density at radius 3 is 2.77 bits per heavy atom. The predicted octanol–water partition coefficient (Wildman–Crippen LogP) is 5.09. The Labute approximate surface area is 141 Å². The van der Waals surface area contributed by atoms with Gasteiger partial charge in [-0.05, 0) is 36.2 Å². The molecule has 0 saturated heterocycles. The number of carbonyl (C=O) groups is 1. The van der Waals surface area contributed by atoms with E-state index in [2.05, 4.69) is 4.98 Å². The molecule has 6 heteroatoms. The van der Waals surface area contributed by atoms with Crippen molar-refractivity contribution >= 4 is 50.7 Å². The van der Waals surface area contributed by atoms with Crippen molar-refractivity contribution in [2.24, 2.45) is 0 Å². The Kier molecular flexibility index (Phi) is 4.34. The molecule has 112 valence electrons. The number of aromatic carboxylic acids is 1. The van der Waals surface area contributed by atoms with Crippen molar-refractivity contribution < 1.29 is 9.90 Å². The van der Waals surface area contributed by atoms with Gasteiger partial charge in [0.1, 0.15) is 5.52 Å². The van der Waals surface area contributed by atoms with Gasteiger partial charge in [-0.2, -0.15) is 0 Å². The molecule has 0 amide bonds. The van der Waals surface area contributed by atoms with Crippen molar-refractivity contribution in [1.82, 2.24) is 4.98 Å². The van der Waals surface area contributed by atoms with Crippen molar-refractivity contribution in [3.8, 4) is 0 Å². The Balaban J connectivity index is 1.81. The largest absolute Gasteiger partial charge is 0.478 e. The second-order valence-electron chi connectivity index (χ2n) is 4.82. The monoisotopic (exact) mass is 351 g/mol. The van der Waals surface area contributed by atoms with Gasteiger partial charge < -0.3 is 5.11 Å². The molecule has 1 N–H and O–H groups in total. The topological polar surface area (TPSA) is 50.2 Å². The fourth-order valence-corrected chi connectivity index (χ4v) is 3.59. The quantitative estimate of drug-likeness (QED) is 0.712. The van der Waals surface area contributed by atoms with Crippen LogP contribution in [0.25, 0.3) is 10.2 Å². The number of aromatic nitrogens is 1. The Morgan fingerprint density at radius 2 is 2.00 bits per heavy atom. The third-order valence-corrected chi connectivity index (χ3v) is 5.17. The van der Waals surface area contributed by atoms with Gasteiger partial charge in [0.15, 0.2) is 0 Å². The second-order valence-corrected chi connectivity index (χ2v) is 6.72. The molecule has 0 aliphatic heterocycles. The minimum absolute atomic E-state index is 0.302. The van der Waals surface area contributed by atoms with Gasteiger partial charge in [0.25, 0.3) is 0 Å². The highest BCUT2D eigenvalue weighted by atomic mass is 35.5. The van der Waals surface area contributed by atoms with Crippen LogP contribution < -0.4 is 0 Å². The summed E-state index contributed by atoms with van der Waals surface area (Å²) in [5, 5.41) is 10.9. The van der Waals surface area contributed by atoms with E-state index in [9.17, 15) is 4.79 Å². The summed E-state index contributed by atoms with van der Waals surface area (Å²) >= 11 is 13.7. The predicted molar refractivity (Wildman–Crippen MR) is 90.4 cm³/mol. The molecule has 0 unspecified atom stereocenters. The van der Waals surface area contributed by atoms with E-state index in [0.29, 0.717) is 15.6 Å². The molecule has 0 bridgehead atoms. The van der Waals surface area contributed by atoms with Crippen molar-refractivity contribution in [3.63, 3.8) is 0 Å². The zero-order valence-corrected chi connectivity index (χ0v) is 13.7. The summed E-state index contributed by atoms with van der Waals surface area (Å²) in [6.07, 6.45) is 1.46. The highest BCUT2D eigenvalue weighted by Crippen LogP contribution is 2.33. The number of hydrogen-bond acceptors (Lipinski definition) is 3. The van der Waals surface area contributed by atoms with Crippen LogP contribution in [-0.2, 0) is 12.8 Å². The number of rotatable bonds is 4. The fourth-order valence-electron chi connectivity index (χ4n) is 2.20. The standard InChI is InChI=1S/C16H11Cl2NO2S/c17-11-5-6-12-15(14(11)18)19-13(22-12)7-4-9-2-1-3-10(8-9)16(20)21/h1-3,5-6,8H,4,7H2,(H,20,21). The number of benzene rings is 2. The SMILES string of the molecule is O=C(O)c1cccc(CCc2nc3c(Cl)c(Cl)ccc3s2)c1. The van der Waals surface area contributed by atoms with Crippen molar-refractivity contribution in [1.29, 1.82) is 0 Å². The molecule has 0 fully saturated rings. The van der Waals surface area contributed by atoms with Gasteiger partial charge in [-0.3, -0.25) is 0 Å². The lowest BCUT2D eigenvalue weighted by molar-refractivity contribution is 0.0697. The lowest BCUT2D eigenvalue weighted by Crippen LogP contribution is -1.98. The first kappa shape index (κ1) is 15.3. The number of hydrogen-bond donors (Lipinski definition) is 1. The van der Waals surface area contributed by atoms with Crippen molar-refractivity contribution in [2.45, 2.75) is 12.8 Å². The first-order valence-electron chi connectivity index (χ1n) is 6.60. The van der Waals surface area contributed by atoms with Gasteiger partial charge in [-0.25, -0.2) is 9.78 Å². The van der Waals surface area contributed by atoms with Gasteiger partial charge in [-0.1, -0.05) is 35.3 Å². The van der Waals surface area contributed by atoms with Crippen LogP contribution in [-0.4, -0.2) is 16.1 Å². The van der Waals surface area contributed by atoms with Gasteiger partial charge >= 0.3 is 5.97 Å². The number of nitrogens with zero attached hydrogens (tertiary/aromatic N) is 1. The number of halogens is 2. The molecule has 0 spiro atoms. The Bertz CT molecular complexity index is 860. The third-order valence-electron chi connectivity index (χ3n) is 3.30. The zero-order valence-electron chi connectivity index (χ0n) is 11.3. The molecule has 1 heterocycles. The summed E-state index contributed by atoms with van der Waals surface area (Å²) in [4.78, 5) is 15.5. The molecule has 2 aromatic carbocycles. The Morgan fingerprint density at radius 1 is 1.18 bits per heavy atom. The molecule has 0 aliphatic rings. The van der Waals surface area contributed by atoms with E-state index < -0.39 is 5.97 Å². The lowest BCUT2D eigenvalue weighted by Gasteiger charge is -2.01. The highest BCUT2D eigenvalue weighted by Gasteiger charge is 2.10. The fraction of sp³-hybridized carbons (Fsp3) is 0.125. The van der Waals surface area contributed by atoms with Crippen molar-refractivity contribution in [3.05, 3.63) is 62.6 Å². The molecule has 0 atom stereocenters. The van der Waals surface area contributed by atoms with Crippen LogP contribution in [0.2, 0.25) is 10.0 Å². The van der Waals surface area contributed by atoms with E-state index in [0.717, 1.165) is 33.6 Å². The smallest absolute Gasteiger partial charge is 0.335 e. The lowest BCUT2D eigenvalue weighted by atomic mass is 10.1. The number of aryl methyl sites for hydroxylation is 2. The van der Waals surface area contributed by atoms with E-state index in [1.54, 1.807) is 35.6 Å². The summed E-state index contributed by atoms with van der Waals surface area (Å²) in [6, 6.07) is 10.6. The van der Waals surface area contributed by atoms with Gasteiger partial charge in [0.2, 0.25) is 0 Å². The molecule has 0 aliphatic carbocycles. The maximum Gasteiger partial charge on any atom is 0.335 e. The first-order valence-corrected chi connectivity index (χ1v) is 8.17. The molecule has 22 heavy (non-hydrogen) atoms. The summed E-state index contributed by atoms with van der Waals surface area (Å²) in [6.45, 7) is 0. The Hall–Kier alpha value is -1.62.